The van der Waals surface area contributed by atoms with Crippen LogP contribution in [0.4, 0.5) is 13.2 Å². The molecular weight excluding hydrogens is 223 g/mol. The van der Waals surface area contributed by atoms with Gasteiger partial charge in [-0.25, -0.2) is 4.79 Å². The van der Waals surface area contributed by atoms with Gasteiger partial charge >= 0.3 is 12.1 Å². The third-order valence-electron chi connectivity index (χ3n) is 1.93. The SMILES string of the molecule is C=CC1=CC(C(F)(F)F)=C(C(=O)O)CC=N1. The van der Waals surface area contributed by atoms with Crippen LogP contribution in [0.25, 0.3) is 0 Å². The number of aliphatic carboxylic acids is 1. The summed E-state index contributed by atoms with van der Waals surface area (Å²) in [6.45, 7) is 3.29. The number of hydrogen-bond donors (Lipinski definition) is 1. The molecule has 1 rings (SSSR count). The molecule has 16 heavy (non-hydrogen) atoms. The Labute approximate surface area is 89.3 Å². The average molecular weight is 231 g/mol. The zero-order valence-electron chi connectivity index (χ0n) is 8.08. The summed E-state index contributed by atoms with van der Waals surface area (Å²) in [7, 11) is 0. The van der Waals surface area contributed by atoms with Crippen molar-refractivity contribution in [3.63, 3.8) is 0 Å². The molecule has 1 aliphatic heterocycles. The second-order valence-corrected chi connectivity index (χ2v) is 2.98. The van der Waals surface area contributed by atoms with Crippen LogP contribution in [0.2, 0.25) is 0 Å². The number of nitrogens with zero attached hydrogens (tertiary/aromatic N) is 1. The lowest BCUT2D eigenvalue weighted by Crippen LogP contribution is -2.16. The van der Waals surface area contributed by atoms with Gasteiger partial charge in [0.05, 0.1) is 16.8 Å². The van der Waals surface area contributed by atoms with E-state index in [4.69, 9.17) is 5.11 Å². The van der Waals surface area contributed by atoms with Crippen molar-refractivity contribution in [2.24, 2.45) is 4.99 Å². The largest absolute Gasteiger partial charge is 0.478 e. The zero-order chi connectivity index (χ0) is 12.3. The Hall–Kier alpha value is -1.85. The van der Waals surface area contributed by atoms with Gasteiger partial charge in [-0.1, -0.05) is 6.58 Å². The number of aliphatic imine (C=N–C) groups is 1. The Morgan fingerprint density at radius 3 is 2.62 bits per heavy atom. The van der Waals surface area contributed by atoms with Crippen molar-refractivity contribution in [1.82, 2.24) is 0 Å². The lowest BCUT2D eigenvalue weighted by atomic mass is 10.0. The number of allylic oxidation sites excluding steroid dienone is 3. The molecule has 0 atom stereocenters. The van der Waals surface area contributed by atoms with Gasteiger partial charge in [-0.3, -0.25) is 4.99 Å². The van der Waals surface area contributed by atoms with Crippen LogP contribution in [-0.4, -0.2) is 23.5 Å². The zero-order valence-corrected chi connectivity index (χ0v) is 8.08. The number of alkyl halides is 3. The summed E-state index contributed by atoms with van der Waals surface area (Å²) in [4.78, 5) is 14.3. The highest BCUT2D eigenvalue weighted by Gasteiger charge is 2.37. The smallest absolute Gasteiger partial charge is 0.417 e. The maximum absolute atomic E-state index is 12.6. The molecule has 1 heterocycles. The highest BCUT2D eigenvalue weighted by atomic mass is 19.4. The van der Waals surface area contributed by atoms with Gasteiger partial charge in [-0.2, -0.15) is 13.2 Å². The topological polar surface area (TPSA) is 49.7 Å². The summed E-state index contributed by atoms with van der Waals surface area (Å²) in [5, 5.41) is 8.68. The first-order valence-corrected chi connectivity index (χ1v) is 4.26. The summed E-state index contributed by atoms with van der Waals surface area (Å²) >= 11 is 0. The number of hydrogen-bond acceptors (Lipinski definition) is 2. The summed E-state index contributed by atoms with van der Waals surface area (Å²) in [5.74, 6) is -1.60. The first-order valence-electron chi connectivity index (χ1n) is 4.26. The predicted molar refractivity (Wildman–Crippen MR) is 52.1 cm³/mol. The molecule has 0 bridgehead atoms. The maximum atomic E-state index is 12.6. The fourth-order valence-corrected chi connectivity index (χ4v) is 1.19. The van der Waals surface area contributed by atoms with Crippen molar-refractivity contribution < 1.29 is 23.1 Å². The number of carbonyl (C=O) groups is 1. The third-order valence-corrected chi connectivity index (χ3v) is 1.93. The monoisotopic (exact) mass is 231 g/mol. The minimum Gasteiger partial charge on any atom is -0.478 e. The van der Waals surface area contributed by atoms with Crippen molar-refractivity contribution in [2.75, 3.05) is 0 Å². The van der Waals surface area contributed by atoms with E-state index in [1.165, 1.54) is 0 Å². The van der Waals surface area contributed by atoms with Crippen molar-refractivity contribution in [3.8, 4) is 0 Å². The van der Waals surface area contributed by atoms with E-state index in [9.17, 15) is 18.0 Å². The van der Waals surface area contributed by atoms with E-state index in [2.05, 4.69) is 11.6 Å². The van der Waals surface area contributed by atoms with E-state index in [1.54, 1.807) is 0 Å². The van der Waals surface area contributed by atoms with E-state index in [0.717, 1.165) is 12.3 Å². The number of carboxylic acids is 1. The van der Waals surface area contributed by atoms with Gasteiger partial charge in [0.25, 0.3) is 0 Å². The van der Waals surface area contributed by atoms with Crippen LogP contribution in [0.3, 0.4) is 0 Å². The molecule has 0 aromatic carbocycles. The minimum atomic E-state index is -4.71. The van der Waals surface area contributed by atoms with Crippen LogP contribution in [-0.2, 0) is 4.79 Å². The Balaban J connectivity index is 3.38. The quantitative estimate of drug-likeness (QED) is 0.793. The van der Waals surface area contributed by atoms with E-state index < -0.39 is 23.3 Å². The van der Waals surface area contributed by atoms with Crippen LogP contribution in [0, 0.1) is 0 Å². The van der Waals surface area contributed by atoms with Crippen molar-refractivity contribution in [3.05, 3.63) is 35.6 Å². The van der Waals surface area contributed by atoms with Gasteiger partial charge in [0.1, 0.15) is 0 Å². The molecule has 0 aromatic rings. The molecular formula is C10H8F3NO2. The first-order chi connectivity index (χ1) is 7.36. The summed E-state index contributed by atoms with van der Waals surface area (Å²) in [5.41, 5.74) is -1.91. The lowest BCUT2D eigenvalue weighted by Gasteiger charge is -2.10. The second kappa shape index (κ2) is 4.34. The van der Waals surface area contributed by atoms with Crippen molar-refractivity contribution in [2.45, 2.75) is 12.6 Å². The van der Waals surface area contributed by atoms with Gasteiger partial charge in [0.15, 0.2) is 0 Å². The van der Waals surface area contributed by atoms with Gasteiger partial charge in [-0.05, 0) is 12.2 Å². The number of rotatable bonds is 2. The molecule has 0 amide bonds. The molecule has 0 saturated carbocycles. The molecule has 0 spiro atoms. The summed E-state index contributed by atoms with van der Waals surface area (Å²) in [6, 6.07) is 0. The molecule has 0 fully saturated rings. The van der Waals surface area contributed by atoms with Crippen LogP contribution in [0.15, 0.2) is 40.6 Å². The molecule has 86 valence electrons. The van der Waals surface area contributed by atoms with Gasteiger partial charge in [0.2, 0.25) is 0 Å². The molecule has 3 nitrogen and oxygen atoms in total. The molecule has 0 radical (unpaired) electrons. The van der Waals surface area contributed by atoms with E-state index >= 15 is 0 Å². The third kappa shape index (κ3) is 2.59. The van der Waals surface area contributed by atoms with Crippen LogP contribution in [0.5, 0.6) is 0 Å². The molecule has 1 aliphatic rings. The summed E-state index contributed by atoms with van der Waals surface area (Å²) < 4.78 is 37.8. The Morgan fingerprint density at radius 2 is 2.19 bits per heavy atom. The lowest BCUT2D eigenvalue weighted by molar-refractivity contribution is -0.134. The van der Waals surface area contributed by atoms with E-state index in [0.29, 0.717) is 6.08 Å². The summed E-state index contributed by atoms with van der Waals surface area (Å²) in [6.07, 6.45) is -2.14. The predicted octanol–water partition coefficient (Wildman–Crippen LogP) is 2.47. The average Bonchev–Trinajstić information content (AvgIpc) is 2.38. The molecule has 0 saturated heterocycles. The van der Waals surface area contributed by atoms with E-state index in [1.807, 2.05) is 0 Å². The van der Waals surface area contributed by atoms with Gasteiger partial charge in [0, 0.05) is 12.6 Å². The molecule has 0 aliphatic carbocycles. The highest BCUT2D eigenvalue weighted by Crippen LogP contribution is 2.32. The Bertz CT molecular complexity index is 416. The van der Waals surface area contributed by atoms with Crippen molar-refractivity contribution in [1.29, 1.82) is 0 Å². The van der Waals surface area contributed by atoms with Crippen LogP contribution < -0.4 is 0 Å². The number of carboxylic acid groups (broad SMARTS) is 1. The molecule has 6 heteroatoms. The fraction of sp³-hybridized carbons (Fsp3) is 0.200. The highest BCUT2D eigenvalue weighted by molar-refractivity contribution is 5.93. The van der Waals surface area contributed by atoms with Gasteiger partial charge in [-0.15, -0.1) is 0 Å². The van der Waals surface area contributed by atoms with Crippen LogP contribution >= 0.6 is 0 Å². The number of halogens is 3. The maximum Gasteiger partial charge on any atom is 0.417 e. The van der Waals surface area contributed by atoms with Gasteiger partial charge < -0.3 is 5.11 Å². The Morgan fingerprint density at radius 1 is 1.56 bits per heavy atom. The Kier molecular flexibility index (Phi) is 3.31. The fourth-order valence-electron chi connectivity index (χ4n) is 1.19. The molecule has 0 unspecified atom stereocenters. The minimum absolute atomic E-state index is 0.0106. The normalized spacial score (nSPS) is 16.8. The first kappa shape index (κ1) is 12.2. The molecule has 1 N–H and O–H groups in total. The van der Waals surface area contributed by atoms with E-state index in [-0.39, 0.29) is 12.1 Å². The second-order valence-electron chi connectivity index (χ2n) is 2.98. The molecule has 0 aromatic heterocycles. The van der Waals surface area contributed by atoms with Crippen LogP contribution in [0.1, 0.15) is 6.42 Å². The standard InChI is InChI=1S/C10H8F3NO2/c1-2-6-5-8(10(11,12)13)7(9(15)16)3-4-14-6/h2,4-5H,1,3H2,(H,15,16). The van der Waals surface area contributed by atoms with Crippen molar-refractivity contribution >= 4 is 12.2 Å².